The van der Waals surface area contributed by atoms with E-state index in [2.05, 4.69) is 4.90 Å². The average molecular weight is 341 g/mol. The third kappa shape index (κ3) is 3.78. The van der Waals surface area contributed by atoms with Crippen molar-refractivity contribution in [2.75, 3.05) is 13.1 Å². The molecule has 1 aliphatic heterocycles. The quantitative estimate of drug-likeness (QED) is 0.806. The molecule has 7 heteroatoms. The van der Waals surface area contributed by atoms with Gasteiger partial charge >= 0.3 is 11.9 Å². The monoisotopic (exact) mass is 341 g/mol. The fourth-order valence-electron chi connectivity index (χ4n) is 3.57. The van der Waals surface area contributed by atoms with Crippen LogP contribution in [-0.4, -0.2) is 40.1 Å². The summed E-state index contributed by atoms with van der Waals surface area (Å²) in [6, 6.07) is 13.2. The summed E-state index contributed by atoms with van der Waals surface area (Å²) in [6.45, 7) is 1.53. The largest absolute Gasteiger partial charge is 0.480 e. The minimum absolute atomic E-state index is 0.175. The van der Waals surface area contributed by atoms with Crippen LogP contribution >= 0.6 is 0 Å². The van der Waals surface area contributed by atoms with E-state index >= 15 is 0 Å². The molecule has 1 fully saturated rings. The summed E-state index contributed by atoms with van der Waals surface area (Å²) in [4.78, 5) is 25.1. The highest BCUT2D eigenvalue weighted by Crippen LogP contribution is 2.46. The molecule has 130 valence electrons. The molecule has 1 aliphatic rings. The molecule has 2 atom stereocenters. The molecule has 0 saturated carbocycles. The Labute approximate surface area is 145 Å². The lowest BCUT2D eigenvalue weighted by Crippen LogP contribution is -2.51. The number of piperidine rings is 1. The van der Waals surface area contributed by atoms with Crippen LogP contribution in [-0.2, 0) is 16.1 Å². The van der Waals surface area contributed by atoms with Gasteiger partial charge < -0.3 is 10.2 Å². The number of rotatable bonds is 6. The molecular formula is C18H19N3O4. The van der Waals surface area contributed by atoms with Crippen LogP contribution < -0.4 is 0 Å². The molecule has 1 heterocycles. The van der Waals surface area contributed by atoms with Crippen molar-refractivity contribution in [3.8, 4) is 12.1 Å². The second kappa shape index (κ2) is 7.78. The molecular weight excluding hydrogens is 322 g/mol. The van der Waals surface area contributed by atoms with E-state index in [1.54, 1.807) is 12.1 Å². The first-order chi connectivity index (χ1) is 11.9. The number of hydrogen-bond acceptors (Lipinski definition) is 5. The SMILES string of the molecule is N#C[C@@H](C(=O)O)C1([C@@H](C#N)C(=O)O)CCN(Cc2ccccc2)CC1. The molecule has 1 saturated heterocycles. The summed E-state index contributed by atoms with van der Waals surface area (Å²) in [5, 5.41) is 37.3. The van der Waals surface area contributed by atoms with E-state index in [9.17, 15) is 30.3 Å². The fourth-order valence-corrected chi connectivity index (χ4v) is 3.57. The van der Waals surface area contributed by atoms with Crippen LogP contribution in [0.3, 0.4) is 0 Å². The van der Waals surface area contributed by atoms with Crippen molar-refractivity contribution in [1.82, 2.24) is 4.90 Å². The highest BCUT2D eigenvalue weighted by Gasteiger charge is 2.54. The zero-order valence-corrected chi connectivity index (χ0v) is 13.6. The molecule has 1 aromatic carbocycles. The van der Waals surface area contributed by atoms with Crippen molar-refractivity contribution in [1.29, 1.82) is 10.5 Å². The second-order valence-corrected chi connectivity index (χ2v) is 6.30. The predicted octanol–water partition coefficient (Wildman–Crippen LogP) is 1.72. The molecule has 0 unspecified atom stereocenters. The third-order valence-electron chi connectivity index (χ3n) is 4.94. The third-order valence-corrected chi connectivity index (χ3v) is 4.94. The van der Waals surface area contributed by atoms with Crippen LogP contribution in [0.2, 0.25) is 0 Å². The van der Waals surface area contributed by atoms with Gasteiger partial charge in [0.1, 0.15) is 0 Å². The maximum absolute atomic E-state index is 11.5. The van der Waals surface area contributed by atoms with E-state index in [0.29, 0.717) is 19.6 Å². The van der Waals surface area contributed by atoms with Crippen molar-refractivity contribution in [3.63, 3.8) is 0 Å². The molecule has 0 aliphatic carbocycles. The van der Waals surface area contributed by atoms with Gasteiger partial charge in [0, 0.05) is 12.0 Å². The predicted molar refractivity (Wildman–Crippen MR) is 86.9 cm³/mol. The zero-order valence-electron chi connectivity index (χ0n) is 13.6. The van der Waals surface area contributed by atoms with E-state index < -0.39 is 29.2 Å². The number of nitriles is 2. The van der Waals surface area contributed by atoms with Crippen molar-refractivity contribution < 1.29 is 19.8 Å². The van der Waals surface area contributed by atoms with Gasteiger partial charge in [-0.1, -0.05) is 30.3 Å². The fraction of sp³-hybridized carbons (Fsp3) is 0.444. The number of likely N-dealkylation sites (tertiary alicyclic amines) is 1. The van der Waals surface area contributed by atoms with Crippen molar-refractivity contribution in [2.45, 2.75) is 19.4 Å². The molecule has 7 nitrogen and oxygen atoms in total. The summed E-state index contributed by atoms with van der Waals surface area (Å²) in [5.41, 5.74) is -0.283. The first kappa shape index (κ1) is 18.4. The van der Waals surface area contributed by atoms with Gasteiger partial charge in [-0.05, 0) is 31.5 Å². The summed E-state index contributed by atoms with van der Waals surface area (Å²) in [6.07, 6.45) is 0.351. The van der Waals surface area contributed by atoms with Gasteiger partial charge in [0.2, 0.25) is 0 Å². The summed E-state index contributed by atoms with van der Waals surface area (Å²) in [5.74, 6) is -5.79. The Bertz CT molecular complexity index is 678. The van der Waals surface area contributed by atoms with Gasteiger partial charge in [-0.15, -0.1) is 0 Å². The number of carbonyl (C=O) groups is 2. The smallest absolute Gasteiger partial charge is 0.321 e. The lowest BCUT2D eigenvalue weighted by atomic mass is 9.61. The number of carboxylic acids is 2. The Balaban J connectivity index is 2.23. The lowest BCUT2D eigenvalue weighted by molar-refractivity contribution is -0.153. The van der Waals surface area contributed by atoms with Crippen LogP contribution in [0.5, 0.6) is 0 Å². The van der Waals surface area contributed by atoms with Crippen LogP contribution in [0.25, 0.3) is 0 Å². The van der Waals surface area contributed by atoms with E-state index in [0.717, 1.165) is 5.56 Å². The zero-order chi connectivity index (χ0) is 18.4. The van der Waals surface area contributed by atoms with Crippen LogP contribution in [0.15, 0.2) is 30.3 Å². The van der Waals surface area contributed by atoms with Crippen molar-refractivity contribution >= 4 is 11.9 Å². The number of benzene rings is 1. The van der Waals surface area contributed by atoms with Gasteiger partial charge in [0.15, 0.2) is 11.8 Å². The maximum Gasteiger partial charge on any atom is 0.321 e. The minimum atomic E-state index is -1.52. The normalized spacial score (nSPS) is 19.1. The van der Waals surface area contributed by atoms with Crippen LogP contribution in [0.1, 0.15) is 18.4 Å². The van der Waals surface area contributed by atoms with E-state index in [1.807, 2.05) is 30.3 Å². The molecule has 1 aromatic rings. The lowest BCUT2D eigenvalue weighted by Gasteiger charge is -2.44. The Hall–Kier alpha value is -2.90. The molecule has 0 spiro atoms. The van der Waals surface area contributed by atoms with E-state index in [1.165, 1.54) is 0 Å². The summed E-state index contributed by atoms with van der Waals surface area (Å²) >= 11 is 0. The molecule has 25 heavy (non-hydrogen) atoms. The van der Waals surface area contributed by atoms with Gasteiger partial charge in [-0.2, -0.15) is 10.5 Å². The Morgan fingerprint density at radius 1 is 1.04 bits per heavy atom. The number of hydrogen-bond donors (Lipinski definition) is 2. The molecule has 0 bridgehead atoms. The highest BCUT2D eigenvalue weighted by atomic mass is 16.4. The number of nitrogens with zero attached hydrogens (tertiary/aromatic N) is 3. The Morgan fingerprint density at radius 3 is 1.92 bits per heavy atom. The topological polar surface area (TPSA) is 125 Å². The van der Waals surface area contributed by atoms with Crippen LogP contribution in [0.4, 0.5) is 0 Å². The molecule has 0 aromatic heterocycles. The molecule has 2 rings (SSSR count). The Morgan fingerprint density at radius 2 is 1.52 bits per heavy atom. The van der Waals surface area contributed by atoms with Crippen molar-refractivity contribution in [3.05, 3.63) is 35.9 Å². The maximum atomic E-state index is 11.5. The van der Waals surface area contributed by atoms with Gasteiger partial charge in [0.25, 0.3) is 0 Å². The number of carboxylic acid groups (broad SMARTS) is 2. The molecule has 2 N–H and O–H groups in total. The summed E-state index contributed by atoms with van der Waals surface area (Å²) in [7, 11) is 0. The standard InChI is InChI=1S/C18H19N3O4/c19-10-14(16(22)23)18(15(11-20)17(24)25)6-8-21(9-7-18)12-13-4-2-1-3-5-13/h1-5,14-15H,6-9,12H2,(H,22,23)(H,24,25)/t14-,15-/m0/s1. The molecule has 0 amide bonds. The van der Waals surface area contributed by atoms with E-state index in [4.69, 9.17) is 0 Å². The van der Waals surface area contributed by atoms with Crippen molar-refractivity contribution in [2.24, 2.45) is 17.3 Å². The second-order valence-electron chi connectivity index (χ2n) is 6.30. The number of aliphatic carboxylic acids is 2. The van der Waals surface area contributed by atoms with Gasteiger partial charge in [-0.3, -0.25) is 14.5 Å². The van der Waals surface area contributed by atoms with Gasteiger partial charge in [-0.25, -0.2) is 0 Å². The summed E-state index contributed by atoms with van der Waals surface area (Å²) < 4.78 is 0. The first-order valence-corrected chi connectivity index (χ1v) is 7.95. The van der Waals surface area contributed by atoms with Gasteiger partial charge in [0.05, 0.1) is 12.1 Å². The van der Waals surface area contributed by atoms with Crippen LogP contribution in [0, 0.1) is 39.9 Å². The minimum Gasteiger partial charge on any atom is -0.480 e. The highest BCUT2D eigenvalue weighted by molar-refractivity contribution is 5.79. The Kier molecular flexibility index (Phi) is 5.74. The first-order valence-electron chi connectivity index (χ1n) is 7.95. The van der Waals surface area contributed by atoms with E-state index in [-0.39, 0.29) is 12.8 Å². The average Bonchev–Trinajstić information content (AvgIpc) is 2.58. The molecule has 0 radical (unpaired) electrons.